The minimum atomic E-state index is -3.68. The van der Waals surface area contributed by atoms with E-state index in [9.17, 15) is 13.2 Å². The molecule has 1 saturated carbocycles. The molecule has 0 spiro atoms. The Kier molecular flexibility index (Phi) is 5.61. The molecule has 1 fully saturated rings. The smallest absolute Gasteiger partial charge is 0.321 e. The summed E-state index contributed by atoms with van der Waals surface area (Å²) in [5, 5.41) is 0. The van der Waals surface area contributed by atoms with E-state index in [1.807, 2.05) is 0 Å². The van der Waals surface area contributed by atoms with E-state index in [0.717, 1.165) is 29.3 Å². The van der Waals surface area contributed by atoms with Gasteiger partial charge in [-0.3, -0.25) is 4.79 Å². The number of hydrogen-bond acceptors (Lipinski definition) is 4. The second-order valence-electron chi connectivity index (χ2n) is 5.02. The van der Waals surface area contributed by atoms with Gasteiger partial charge in [-0.1, -0.05) is 12.8 Å². The van der Waals surface area contributed by atoms with Crippen LogP contribution in [0, 0.1) is 3.57 Å². The van der Waals surface area contributed by atoms with Gasteiger partial charge in [0.15, 0.2) is 0 Å². The SMILES string of the molecule is COC(=O)CN(C1CCCC1)S(=O)(=O)c1ccc(I)cc1. The highest BCUT2D eigenvalue weighted by molar-refractivity contribution is 14.1. The van der Waals surface area contributed by atoms with Crippen molar-refractivity contribution in [2.45, 2.75) is 36.6 Å². The number of hydrogen-bond donors (Lipinski definition) is 0. The van der Waals surface area contributed by atoms with E-state index in [2.05, 4.69) is 27.3 Å². The van der Waals surface area contributed by atoms with Crippen molar-refractivity contribution in [1.82, 2.24) is 4.31 Å². The van der Waals surface area contributed by atoms with Gasteiger partial charge in [-0.25, -0.2) is 8.42 Å². The minimum Gasteiger partial charge on any atom is -0.468 e. The summed E-state index contributed by atoms with van der Waals surface area (Å²) >= 11 is 2.12. The zero-order chi connectivity index (χ0) is 15.5. The van der Waals surface area contributed by atoms with Crippen LogP contribution in [0.25, 0.3) is 0 Å². The zero-order valence-corrected chi connectivity index (χ0v) is 14.8. The molecule has 0 amide bonds. The van der Waals surface area contributed by atoms with Crippen molar-refractivity contribution in [2.24, 2.45) is 0 Å². The lowest BCUT2D eigenvalue weighted by atomic mass is 10.2. The van der Waals surface area contributed by atoms with Crippen LogP contribution < -0.4 is 0 Å². The minimum absolute atomic E-state index is 0.117. The van der Waals surface area contributed by atoms with E-state index in [1.165, 1.54) is 11.4 Å². The predicted molar refractivity (Wildman–Crippen MR) is 87.3 cm³/mol. The van der Waals surface area contributed by atoms with Crippen molar-refractivity contribution >= 4 is 38.6 Å². The van der Waals surface area contributed by atoms with Crippen LogP contribution in [0.2, 0.25) is 0 Å². The van der Waals surface area contributed by atoms with Crippen molar-refractivity contribution in [3.63, 3.8) is 0 Å². The normalized spacial score (nSPS) is 16.3. The Morgan fingerprint density at radius 1 is 1.29 bits per heavy atom. The summed E-state index contributed by atoms with van der Waals surface area (Å²) in [7, 11) is -2.41. The Balaban J connectivity index is 2.33. The van der Waals surface area contributed by atoms with Crippen molar-refractivity contribution < 1.29 is 17.9 Å². The molecule has 7 heteroatoms. The summed E-state index contributed by atoms with van der Waals surface area (Å²) in [6, 6.07) is 6.54. The van der Waals surface area contributed by atoms with Crippen molar-refractivity contribution in [3.8, 4) is 0 Å². The number of rotatable bonds is 5. The fraction of sp³-hybridized carbons (Fsp3) is 0.500. The molecule has 1 aromatic carbocycles. The van der Waals surface area contributed by atoms with E-state index in [1.54, 1.807) is 24.3 Å². The number of sulfonamides is 1. The van der Waals surface area contributed by atoms with Gasteiger partial charge in [0.1, 0.15) is 6.54 Å². The van der Waals surface area contributed by atoms with Gasteiger partial charge >= 0.3 is 5.97 Å². The van der Waals surface area contributed by atoms with Crippen LogP contribution >= 0.6 is 22.6 Å². The predicted octanol–water partition coefficient (Wildman–Crippen LogP) is 2.40. The molecule has 1 aromatic rings. The fourth-order valence-electron chi connectivity index (χ4n) is 2.54. The first-order valence-electron chi connectivity index (χ1n) is 6.79. The van der Waals surface area contributed by atoms with Gasteiger partial charge in [0.05, 0.1) is 12.0 Å². The molecule has 116 valence electrons. The zero-order valence-electron chi connectivity index (χ0n) is 11.8. The van der Waals surface area contributed by atoms with Crippen molar-refractivity contribution in [3.05, 3.63) is 27.8 Å². The lowest BCUT2D eigenvalue weighted by Crippen LogP contribution is -2.42. The molecular weight excluding hydrogens is 405 g/mol. The molecule has 5 nitrogen and oxygen atoms in total. The Labute approximate surface area is 138 Å². The van der Waals surface area contributed by atoms with Gasteiger partial charge in [-0.2, -0.15) is 4.31 Å². The average Bonchev–Trinajstić information content (AvgIpc) is 2.98. The van der Waals surface area contributed by atoms with Crippen LogP contribution in [-0.4, -0.2) is 38.4 Å². The molecule has 0 N–H and O–H groups in total. The van der Waals surface area contributed by atoms with E-state index in [0.29, 0.717) is 0 Å². The summed E-state index contributed by atoms with van der Waals surface area (Å²) in [4.78, 5) is 11.8. The first-order chi connectivity index (χ1) is 9.95. The Hall–Kier alpha value is -0.670. The van der Waals surface area contributed by atoms with Gasteiger partial charge in [-0.15, -0.1) is 0 Å². The first-order valence-corrected chi connectivity index (χ1v) is 9.31. The molecule has 1 aliphatic carbocycles. The second kappa shape index (κ2) is 7.06. The molecule has 1 aliphatic rings. The van der Waals surface area contributed by atoms with Crippen LogP contribution in [0.5, 0.6) is 0 Å². The molecule has 2 rings (SSSR count). The van der Waals surface area contributed by atoms with Crippen LogP contribution in [0.4, 0.5) is 0 Å². The van der Waals surface area contributed by atoms with Crippen molar-refractivity contribution in [1.29, 1.82) is 0 Å². The maximum Gasteiger partial charge on any atom is 0.321 e. The summed E-state index contributed by atoms with van der Waals surface area (Å²) < 4.78 is 32.5. The van der Waals surface area contributed by atoms with Gasteiger partial charge in [-0.05, 0) is 59.7 Å². The largest absolute Gasteiger partial charge is 0.468 e. The molecule has 0 heterocycles. The van der Waals surface area contributed by atoms with Gasteiger partial charge < -0.3 is 4.74 Å². The fourth-order valence-corrected chi connectivity index (χ4v) is 4.53. The quantitative estimate of drug-likeness (QED) is 0.539. The van der Waals surface area contributed by atoms with Crippen LogP contribution in [-0.2, 0) is 19.6 Å². The molecule has 0 atom stereocenters. The number of benzene rings is 1. The number of nitrogens with zero attached hydrogens (tertiary/aromatic N) is 1. The average molecular weight is 423 g/mol. The topological polar surface area (TPSA) is 63.7 Å². The lowest BCUT2D eigenvalue weighted by Gasteiger charge is -2.27. The standard InChI is InChI=1S/C14H18INO4S/c1-20-14(17)10-16(12-4-2-3-5-12)21(18,19)13-8-6-11(15)7-9-13/h6-9,12H,2-5,10H2,1H3. The highest BCUT2D eigenvalue weighted by atomic mass is 127. The first kappa shape index (κ1) is 16.7. The number of carbonyl (C=O) groups excluding carboxylic acids is 1. The number of esters is 1. The van der Waals surface area contributed by atoms with E-state index >= 15 is 0 Å². The van der Waals surface area contributed by atoms with Gasteiger partial charge in [0.2, 0.25) is 10.0 Å². The van der Waals surface area contributed by atoms with E-state index in [-0.39, 0.29) is 17.5 Å². The maximum atomic E-state index is 12.8. The number of halogens is 1. The Morgan fingerprint density at radius 3 is 2.38 bits per heavy atom. The van der Waals surface area contributed by atoms with E-state index < -0.39 is 16.0 Å². The number of carbonyl (C=O) groups is 1. The summed E-state index contributed by atoms with van der Waals surface area (Å²) in [5.74, 6) is -0.531. The number of ether oxygens (including phenoxy) is 1. The third kappa shape index (κ3) is 3.95. The van der Waals surface area contributed by atoms with Gasteiger partial charge in [0, 0.05) is 9.61 Å². The highest BCUT2D eigenvalue weighted by Crippen LogP contribution is 2.28. The molecule has 0 radical (unpaired) electrons. The molecule has 21 heavy (non-hydrogen) atoms. The third-order valence-corrected chi connectivity index (χ3v) is 6.30. The molecule has 0 bridgehead atoms. The summed E-state index contributed by atoms with van der Waals surface area (Å²) in [6.45, 7) is -0.227. The Bertz CT molecular complexity index is 594. The molecular formula is C14H18INO4S. The van der Waals surface area contributed by atoms with Crippen LogP contribution in [0.3, 0.4) is 0 Å². The molecule has 0 aromatic heterocycles. The Morgan fingerprint density at radius 2 is 1.86 bits per heavy atom. The lowest BCUT2D eigenvalue weighted by molar-refractivity contribution is -0.141. The second-order valence-corrected chi connectivity index (χ2v) is 8.15. The monoisotopic (exact) mass is 423 g/mol. The molecule has 0 unspecified atom stereocenters. The van der Waals surface area contributed by atoms with Gasteiger partial charge in [0.25, 0.3) is 0 Å². The molecule has 0 saturated heterocycles. The summed E-state index contributed by atoms with van der Waals surface area (Å²) in [6.07, 6.45) is 3.57. The van der Waals surface area contributed by atoms with Crippen LogP contribution in [0.15, 0.2) is 29.2 Å². The van der Waals surface area contributed by atoms with Crippen LogP contribution in [0.1, 0.15) is 25.7 Å². The van der Waals surface area contributed by atoms with E-state index in [4.69, 9.17) is 0 Å². The molecule has 0 aliphatic heterocycles. The third-order valence-electron chi connectivity index (χ3n) is 3.66. The maximum absolute atomic E-state index is 12.8. The number of methoxy groups -OCH3 is 1. The highest BCUT2D eigenvalue weighted by Gasteiger charge is 2.34. The van der Waals surface area contributed by atoms with Crippen molar-refractivity contribution in [2.75, 3.05) is 13.7 Å². The summed E-state index contributed by atoms with van der Waals surface area (Å²) in [5.41, 5.74) is 0.